The standard InChI is InChI=1S/C66H46N2/c1-5-23-49(24-6-1)63-59-35-17-18-36-60(59)64(50-25-7-2-8-26-50)66(52-41-45-56(46-42-52)68(54-31-11-4-12-32-54)62-38-20-28-48-22-14-16-34-58(48)62)65(63)51-39-43-55(44-40-51)67(53-29-9-3-10-30-53)61-37-19-27-47-21-13-15-33-57(47)61/h1-46H. The van der Waals surface area contributed by atoms with Gasteiger partial charge in [-0.3, -0.25) is 0 Å². The zero-order valence-corrected chi connectivity index (χ0v) is 37.5. The molecule has 0 bridgehead atoms. The molecule has 0 aromatic heterocycles. The molecule has 2 heteroatoms. The van der Waals surface area contributed by atoms with Gasteiger partial charge in [0.05, 0.1) is 11.4 Å². The molecule has 0 radical (unpaired) electrons. The lowest BCUT2D eigenvalue weighted by atomic mass is 9.79. The zero-order chi connectivity index (χ0) is 45.2. The van der Waals surface area contributed by atoms with Gasteiger partial charge in [0.15, 0.2) is 0 Å². The van der Waals surface area contributed by atoms with Crippen LogP contribution in [0.4, 0.5) is 34.1 Å². The second-order valence-corrected chi connectivity index (χ2v) is 17.2. The lowest BCUT2D eigenvalue weighted by molar-refractivity contribution is 1.30. The van der Waals surface area contributed by atoms with E-state index >= 15 is 0 Å². The maximum absolute atomic E-state index is 2.38. The Morgan fingerprint density at radius 1 is 0.176 bits per heavy atom. The van der Waals surface area contributed by atoms with Gasteiger partial charge in [-0.05, 0) is 127 Å². The van der Waals surface area contributed by atoms with Gasteiger partial charge in [-0.15, -0.1) is 0 Å². The van der Waals surface area contributed by atoms with Crippen LogP contribution in [0.15, 0.2) is 279 Å². The van der Waals surface area contributed by atoms with E-state index in [0.717, 1.165) is 45.3 Å². The quantitative estimate of drug-likeness (QED) is 0.135. The van der Waals surface area contributed by atoms with E-state index < -0.39 is 0 Å². The Kier molecular flexibility index (Phi) is 10.6. The lowest BCUT2D eigenvalue weighted by Gasteiger charge is -2.28. The monoisotopic (exact) mass is 866 g/mol. The fourth-order valence-electron chi connectivity index (χ4n) is 10.2. The van der Waals surface area contributed by atoms with Crippen molar-refractivity contribution in [1.29, 1.82) is 0 Å². The third-order valence-electron chi connectivity index (χ3n) is 13.2. The molecule has 12 aromatic carbocycles. The van der Waals surface area contributed by atoms with Crippen molar-refractivity contribution in [3.8, 4) is 44.5 Å². The number of rotatable bonds is 10. The summed E-state index contributed by atoms with van der Waals surface area (Å²) in [4.78, 5) is 4.77. The molecule has 12 aromatic rings. The number of para-hydroxylation sites is 2. The molecule has 0 amide bonds. The van der Waals surface area contributed by atoms with Crippen molar-refractivity contribution in [1.82, 2.24) is 0 Å². The van der Waals surface area contributed by atoms with E-state index in [1.54, 1.807) is 0 Å². The first-order chi connectivity index (χ1) is 33.8. The van der Waals surface area contributed by atoms with Crippen molar-refractivity contribution in [2.45, 2.75) is 0 Å². The molecule has 0 aliphatic heterocycles. The van der Waals surface area contributed by atoms with Gasteiger partial charge >= 0.3 is 0 Å². The van der Waals surface area contributed by atoms with Crippen LogP contribution < -0.4 is 9.80 Å². The molecule has 0 aliphatic carbocycles. The Balaban J connectivity index is 1.11. The van der Waals surface area contributed by atoms with Gasteiger partial charge in [0.2, 0.25) is 0 Å². The molecule has 0 unspecified atom stereocenters. The molecule has 0 fully saturated rings. The van der Waals surface area contributed by atoms with Crippen molar-refractivity contribution in [2.24, 2.45) is 0 Å². The van der Waals surface area contributed by atoms with E-state index in [1.165, 1.54) is 65.7 Å². The molecule has 0 spiro atoms. The molecule has 2 nitrogen and oxygen atoms in total. The van der Waals surface area contributed by atoms with Crippen LogP contribution >= 0.6 is 0 Å². The van der Waals surface area contributed by atoms with Crippen LogP contribution in [-0.4, -0.2) is 0 Å². The second kappa shape index (κ2) is 17.8. The van der Waals surface area contributed by atoms with Crippen LogP contribution in [-0.2, 0) is 0 Å². The molecule has 0 N–H and O–H groups in total. The minimum absolute atomic E-state index is 1.09. The number of anilines is 6. The Bertz CT molecular complexity index is 3440. The Morgan fingerprint density at radius 3 is 0.838 bits per heavy atom. The second-order valence-electron chi connectivity index (χ2n) is 17.2. The molecule has 0 heterocycles. The highest BCUT2D eigenvalue weighted by Crippen LogP contribution is 2.52. The predicted octanol–water partition coefficient (Wildman–Crippen LogP) is 18.8. The third-order valence-corrected chi connectivity index (χ3v) is 13.2. The predicted molar refractivity (Wildman–Crippen MR) is 290 cm³/mol. The summed E-state index contributed by atoms with van der Waals surface area (Å²) in [5, 5.41) is 7.25. The molecule has 68 heavy (non-hydrogen) atoms. The molecule has 12 rings (SSSR count). The van der Waals surface area contributed by atoms with E-state index in [4.69, 9.17) is 0 Å². The summed E-state index contributed by atoms with van der Waals surface area (Å²) < 4.78 is 0. The average molecular weight is 867 g/mol. The Labute approximate surface area is 397 Å². The van der Waals surface area contributed by atoms with Crippen LogP contribution in [0.3, 0.4) is 0 Å². The van der Waals surface area contributed by atoms with Crippen molar-refractivity contribution in [3.05, 3.63) is 279 Å². The van der Waals surface area contributed by atoms with Gasteiger partial charge in [0.25, 0.3) is 0 Å². The zero-order valence-electron chi connectivity index (χ0n) is 37.5. The van der Waals surface area contributed by atoms with Gasteiger partial charge < -0.3 is 9.80 Å². The third kappa shape index (κ3) is 7.35. The van der Waals surface area contributed by atoms with Gasteiger partial charge in [0.1, 0.15) is 0 Å². The summed E-state index contributed by atoms with van der Waals surface area (Å²) in [6.45, 7) is 0. The van der Waals surface area contributed by atoms with Gasteiger partial charge in [-0.25, -0.2) is 0 Å². The van der Waals surface area contributed by atoms with Crippen molar-refractivity contribution in [2.75, 3.05) is 9.80 Å². The SMILES string of the molecule is c1ccc(-c2c(-c3ccc(N(c4ccccc4)c4cccc5ccccc45)cc3)c(-c3ccc(N(c4ccccc4)c4cccc5ccccc45)cc3)c(-c3ccccc3)c3ccccc23)cc1. The van der Waals surface area contributed by atoms with E-state index in [-0.39, 0.29) is 0 Å². The molecule has 320 valence electrons. The number of benzene rings is 12. The number of nitrogens with zero attached hydrogens (tertiary/aromatic N) is 2. The Morgan fingerprint density at radius 2 is 0.456 bits per heavy atom. The smallest absolute Gasteiger partial charge is 0.0540 e. The van der Waals surface area contributed by atoms with Crippen LogP contribution in [0.2, 0.25) is 0 Å². The van der Waals surface area contributed by atoms with Crippen LogP contribution in [0.1, 0.15) is 0 Å². The number of hydrogen-bond donors (Lipinski definition) is 0. The molecule has 0 saturated heterocycles. The molecular weight excluding hydrogens is 821 g/mol. The summed E-state index contributed by atoms with van der Waals surface area (Å²) in [6.07, 6.45) is 0. The number of hydrogen-bond acceptors (Lipinski definition) is 2. The highest BCUT2D eigenvalue weighted by Gasteiger charge is 2.25. The summed E-state index contributed by atoms with van der Waals surface area (Å²) in [5.74, 6) is 0. The molecule has 0 aliphatic rings. The van der Waals surface area contributed by atoms with Crippen LogP contribution in [0.25, 0.3) is 76.8 Å². The topological polar surface area (TPSA) is 6.48 Å². The van der Waals surface area contributed by atoms with Gasteiger partial charge in [0, 0.05) is 33.5 Å². The summed E-state index contributed by atoms with van der Waals surface area (Å²) in [6, 6.07) is 101. The lowest BCUT2D eigenvalue weighted by Crippen LogP contribution is -2.10. The largest absolute Gasteiger partial charge is 0.310 e. The van der Waals surface area contributed by atoms with E-state index in [0.29, 0.717) is 0 Å². The highest BCUT2D eigenvalue weighted by atomic mass is 15.1. The Hall–Kier alpha value is -8.98. The van der Waals surface area contributed by atoms with Crippen molar-refractivity contribution < 1.29 is 0 Å². The van der Waals surface area contributed by atoms with Crippen molar-refractivity contribution in [3.63, 3.8) is 0 Å². The summed E-state index contributed by atoms with van der Waals surface area (Å²) in [5.41, 5.74) is 16.1. The molecule has 0 saturated carbocycles. The molecular formula is C66H46N2. The fraction of sp³-hybridized carbons (Fsp3) is 0. The first-order valence-corrected chi connectivity index (χ1v) is 23.3. The normalized spacial score (nSPS) is 11.2. The van der Waals surface area contributed by atoms with Gasteiger partial charge in [-0.2, -0.15) is 0 Å². The van der Waals surface area contributed by atoms with Crippen molar-refractivity contribution >= 4 is 66.4 Å². The minimum Gasteiger partial charge on any atom is -0.310 e. The summed E-state index contributed by atoms with van der Waals surface area (Å²) >= 11 is 0. The van der Waals surface area contributed by atoms with Gasteiger partial charge in [-0.1, -0.05) is 218 Å². The maximum Gasteiger partial charge on any atom is 0.0540 e. The maximum atomic E-state index is 2.38. The first-order valence-electron chi connectivity index (χ1n) is 23.3. The first kappa shape index (κ1) is 40.5. The van der Waals surface area contributed by atoms with Crippen LogP contribution in [0, 0.1) is 0 Å². The summed E-state index contributed by atoms with van der Waals surface area (Å²) in [7, 11) is 0. The van der Waals surface area contributed by atoms with E-state index in [1.807, 2.05) is 0 Å². The fourth-order valence-corrected chi connectivity index (χ4v) is 10.2. The molecule has 0 atom stereocenters. The minimum atomic E-state index is 1.09. The average Bonchev–Trinajstić information content (AvgIpc) is 3.42. The highest BCUT2D eigenvalue weighted by molar-refractivity contribution is 6.18. The van der Waals surface area contributed by atoms with E-state index in [2.05, 4.69) is 289 Å². The van der Waals surface area contributed by atoms with Crippen LogP contribution in [0.5, 0.6) is 0 Å². The van der Waals surface area contributed by atoms with E-state index in [9.17, 15) is 0 Å². The number of fused-ring (bicyclic) bond motifs is 3.